The molecule has 2 N–H and O–H groups in total. The molecule has 0 spiro atoms. The zero-order chi connectivity index (χ0) is 14.6. The number of hydrogen-bond donors (Lipinski definition) is 1. The van der Waals surface area contributed by atoms with Gasteiger partial charge in [0.05, 0.1) is 0 Å². The van der Waals surface area contributed by atoms with Gasteiger partial charge in [0.15, 0.2) is 0 Å². The van der Waals surface area contributed by atoms with Gasteiger partial charge in [0, 0.05) is 32.4 Å². The summed E-state index contributed by atoms with van der Waals surface area (Å²) in [5.41, 5.74) is 8.56. The van der Waals surface area contributed by atoms with Crippen LogP contribution in [-0.2, 0) is 0 Å². The fourth-order valence-corrected chi connectivity index (χ4v) is 2.18. The molecule has 1 unspecified atom stereocenters. The molecule has 1 aromatic rings. The van der Waals surface area contributed by atoms with Crippen LogP contribution in [0.4, 0.5) is 5.69 Å². The fraction of sp³-hybridized carbons (Fsp3) is 0.625. The molecule has 3 heteroatoms. The van der Waals surface area contributed by atoms with E-state index in [2.05, 4.69) is 76.0 Å². The van der Waals surface area contributed by atoms with Crippen LogP contribution in [0, 0.1) is 5.41 Å². The number of benzene rings is 1. The lowest BCUT2D eigenvalue weighted by Crippen LogP contribution is -2.37. The van der Waals surface area contributed by atoms with E-state index in [1.54, 1.807) is 0 Å². The van der Waals surface area contributed by atoms with E-state index >= 15 is 0 Å². The van der Waals surface area contributed by atoms with Crippen LogP contribution in [0.1, 0.15) is 32.4 Å². The largest absolute Gasteiger partial charge is 0.378 e. The second kappa shape index (κ2) is 6.40. The monoisotopic (exact) mass is 263 g/mol. The minimum atomic E-state index is 0.159. The summed E-state index contributed by atoms with van der Waals surface area (Å²) in [5.74, 6) is 0. The van der Waals surface area contributed by atoms with Crippen LogP contribution in [-0.4, -0.2) is 39.1 Å². The van der Waals surface area contributed by atoms with Gasteiger partial charge in [-0.3, -0.25) is 4.90 Å². The molecule has 3 nitrogen and oxygen atoms in total. The van der Waals surface area contributed by atoms with Crippen molar-refractivity contribution < 1.29 is 0 Å². The normalized spacial score (nSPS) is 13.7. The number of hydrogen-bond acceptors (Lipinski definition) is 3. The molecule has 1 atom stereocenters. The van der Waals surface area contributed by atoms with Crippen molar-refractivity contribution in [2.45, 2.75) is 26.8 Å². The molecule has 0 aliphatic carbocycles. The van der Waals surface area contributed by atoms with Crippen molar-refractivity contribution in [3.05, 3.63) is 29.8 Å². The van der Waals surface area contributed by atoms with E-state index in [1.807, 2.05) is 0 Å². The highest BCUT2D eigenvalue weighted by Gasteiger charge is 2.21. The molecule has 0 bridgehead atoms. The molecule has 0 saturated carbocycles. The summed E-state index contributed by atoms with van der Waals surface area (Å²) in [6.45, 7) is 8.39. The lowest BCUT2D eigenvalue weighted by molar-refractivity contribution is 0.174. The van der Waals surface area contributed by atoms with Gasteiger partial charge in [0.1, 0.15) is 0 Å². The molecule has 108 valence electrons. The van der Waals surface area contributed by atoms with E-state index in [-0.39, 0.29) is 5.41 Å². The smallest absolute Gasteiger partial charge is 0.0361 e. The van der Waals surface area contributed by atoms with Gasteiger partial charge in [0.25, 0.3) is 0 Å². The summed E-state index contributed by atoms with van der Waals surface area (Å²) in [6.07, 6.45) is 0. The van der Waals surface area contributed by atoms with Gasteiger partial charge in [-0.1, -0.05) is 26.0 Å². The van der Waals surface area contributed by atoms with Crippen LogP contribution >= 0.6 is 0 Å². The molecule has 0 aliphatic rings. The Morgan fingerprint density at radius 1 is 1.11 bits per heavy atom. The Labute approximate surface area is 118 Å². The Bertz CT molecular complexity index is 381. The Morgan fingerprint density at radius 2 is 1.63 bits per heavy atom. The summed E-state index contributed by atoms with van der Waals surface area (Å²) in [6, 6.07) is 9.18. The predicted octanol–water partition coefficient (Wildman–Crippen LogP) is 2.73. The summed E-state index contributed by atoms with van der Waals surface area (Å²) >= 11 is 0. The first-order valence-electron chi connectivity index (χ1n) is 6.94. The summed E-state index contributed by atoms with van der Waals surface area (Å²) < 4.78 is 0. The van der Waals surface area contributed by atoms with Crippen LogP contribution in [0.5, 0.6) is 0 Å². The van der Waals surface area contributed by atoms with Crippen LogP contribution in [0.3, 0.4) is 0 Å². The van der Waals surface area contributed by atoms with Gasteiger partial charge < -0.3 is 10.6 Å². The SMILES string of the molecule is CC(c1ccc(N(C)C)cc1)N(C)CC(C)(C)CN. The lowest BCUT2D eigenvalue weighted by atomic mass is 9.92. The van der Waals surface area contributed by atoms with Gasteiger partial charge in [-0.25, -0.2) is 0 Å². The Morgan fingerprint density at radius 3 is 2.05 bits per heavy atom. The molecule has 0 radical (unpaired) electrons. The minimum absolute atomic E-state index is 0.159. The van der Waals surface area contributed by atoms with Crippen molar-refractivity contribution in [3.8, 4) is 0 Å². The third kappa shape index (κ3) is 4.51. The van der Waals surface area contributed by atoms with E-state index in [4.69, 9.17) is 5.73 Å². The van der Waals surface area contributed by atoms with Crippen molar-refractivity contribution in [3.63, 3.8) is 0 Å². The van der Waals surface area contributed by atoms with E-state index in [1.165, 1.54) is 11.3 Å². The van der Waals surface area contributed by atoms with Gasteiger partial charge >= 0.3 is 0 Å². The average Bonchev–Trinajstić information content (AvgIpc) is 2.37. The Balaban J connectivity index is 2.74. The minimum Gasteiger partial charge on any atom is -0.378 e. The first-order valence-corrected chi connectivity index (χ1v) is 6.94. The maximum Gasteiger partial charge on any atom is 0.0361 e. The Hall–Kier alpha value is -1.06. The second-order valence-corrected chi connectivity index (χ2v) is 6.45. The average molecular weight is 263 g/mol. The van der Waals surface area contributed by atoms with Crippen molar-refractivity contribution in [2.24, 2.45) is 11.1 Å². The number of nitrogens with two attached hydrogens (primary N) is 1. The van der Waals surface area contributed by atoms with Gasteiger partial charge in [-0.15, -0.1) is 0 Å². The standard InChI is InChI=1S/C16H29N3/c1-13(19(6)12-16(2,3)11-17)14-7-9-15(10-8-14)18(4)5/h7-10,13H,11-12,17H2,1-6H3. The second-order valence-electron chi connectivity index (χ2n) is 6.45. The van der Waals surface area contributed by atoms with Crippen molar-refractivity contribution in [1.82, 2.24) is 4.90 Å². The highest BCUT2D eigenvalue weighted by Crippen LogP contribution is 2.25. The first-order chi connectivity index (χ1) is 8.76. The van der Waals surface area contributed by atoms with E-state index < -0.39 is 0 Å². The third-order valence-corrected chi connectivity index (χ3v) is 3.78. The molecule has 0 amide bonds. The first kappa shape index (κ1) is 16.0. The summed E-state index contributed by atoms with van der Waals surface area (Å²) in [5, 5.41) is 0. The molecule has 0 saturated heterocycles. The fourth-order valence-electron chi connectivity index (χ4n) is 2.18. The van der Waals surface area contributed by atoms with Crippen LogP contribution < -0.4 is 10.6 Å². The number of rotatable bonds is 6. The molecule has 0 aromatic heterocycles. The van der Waals surface area contributed by atoms with E-state index in [0.29, 0.717) is 12.6 Å². The molecule has 0 heterocycles. The highest BCUT2D eigenvalue weighted by molar-refractivity contribution is 5.46. The van der Waals surface area contributed by atoms with Crippen LogP contribution in [0.25, 0.3) is 0 Å². The maximum atomic E-state index is 5.81. The van der Waals surface area contributed by atoms with Crippen molar-refractivity contribution in [2.75, 3.05) is 39.1 Å². The number of anilines is 1. The quantitative estimate of drug-likeness (QED) is 0.856. The van der Waals surface area contributed by atoms with Crippen molar-refractivity contribution in [1.29, 1.82) is 0 Å². The van der Waals surface area contributed by atoms with E-state index in [0.717, 1.165) is 6.54 Å². The van der Waals surface area contributed by atoms with Crippen LogP contribution in [0.2, 0.25) is 0 Å². The highest BCUT2D eigenvalue weighted by atomic mass is 15.1. The molecule has 1 aromatic carbocycles. The molecule has 0 aliphatic heterocycles. The molecular weight excluding hydrogens is 234 g/mol. The number of nitrogens with zero attached hydrogens (tertiary/aromatic N) is 2. The zero-order valence-corrected chi connectivity index (χ0v) is 13.3. The molecule has 0 fully saturated rings. The summed E-state index contributed by atoms with van der Waals surface area (Å²) in [7, 11) is 6.30. The molecule has 19 heavy (non-hydrogen) atoms. The lowest BCUT2D eigenvalue weighted by Gasteiger charge is -2.33. The topological polar surface area (TPSA) is 32.5 Å². The maximum absolute atomic E-state index is 5.81. The summed E-state index contributed by atoms with van der Waals surface area (Å²) in [4.78, 5) is 4.49. The third-order valence-electron chi connectivity index (χ3n) is 3.78. The van der Waals surface area contributed by atoms with Gasteiger partial charge in [-0.05, 0) is 43.6 Å². The predicted molar refractivity (Wildman–Crippen MR) is 84.6 cm³/mol. The van der Waals surface area contributed by atoms with Gasteiger partial charge in [-0.2, -0.15) is 0 Å². The molecule has 1 rings (SSSR count). The van der Waals surface area contributed by atoms with Crippen LogP contribution in [0.15, 0.2) is 24.3 Å². The van der Waals surface area contributed by atoms with Gasteiger partial charge in [0.2, 0.25) is 0 Å². The van der Waals surface area contributed by atoms with Crippen molar-refractivity contribution >= 4 is 5.69 Å². The zero-order valence-electron chi connectivity index (χ0n) is 13.3. The van der Waals surface area contributed by atoms with E-state index in [9.17, 15) is 0 Å². The molecular formula is C16H29N3. The Kier molecular flexibility index (Phi) is 5.39.